The third-order valence-electron chi connectivity index (χ3n) is 4.58. The van der Waals surface area contributed by atoms with Gasteiger partial charge in [0.05, 0.1) is 6.04 Å². The van der Waals surface area contributed by atoms with Gasteiger partial charge in [-0.3, -0.25) is 4.79 Å². The maximum atomic E-state index is 12.0. The Morgan fingerprint density at radius 2 is 2.00 bits per heavy atom. The highest BCUT2D eigenvalue weighted by Gasteiger charge is 2.17. The molecule has 1 aromatic carbocycles. The molecule has 0 bridgehead atoms. The number of para-hydroxylation sites is 1. The normalized spacial score (nSPS) is 15.9. The van der Waals surface area contributed by atoms with Gasteiger partial charge in [0, 0.05) is 24.4 Å². The van der Waals surface area contributed by atoms with Crippen LogP contribution < -0.4 is 16.0 Å². The summed E-state index contributed by atoms with van der Waals surface area (Å²) in [5.74, 6) is 0.702. The van der Waals surface area contributed by atoms with Crippen molar-refractivity contribution in [2.45, 2.75) is 51.1 Å². The van der Waals surface area contributed by atoms with Gasteiger partial charge in [-0.15, -0.1) is 0 Å². The van der Waals surface area contributed by atoms with E-state index in [9.17, 15) is 9.59 Å². The van der Waals surface area contributed by atoms with Crippen LogP contribution in [-0.2, 0) is 4.79 Å². The standard InChI is InChI=1S/C19H25N3O3/c1-13(17-12-14-6-2-5-9-16(14)25-17)21-19(24)20-11-10-18(23)22-15-7-3-4-8-15/h2,5-6,9,12-13,15H,3-4,7-8,10-11H2,1H3,(H,22,23)(H2,20,21,24). The third kappa shape index (κ3) is 4.75. The van der Waals surface area contributed by atoms with Crippen molar-refractivity contribution in [3.63, 3.8) is 0 Å². The minimum Gasteiger partial charge on any atom is -0.459 e. The smallest absolute Gasteiger partial charge is 0.315 e. The zero-order valence-electron chi connectivity index (χ0n) is 14.5. The molecule has 0 spiro atoms. The molecule has 134 valence electrons. The average Bonchev–Trinajstić information content (AvgIpc) is 3.23. The Morgan fingerprint density at radius 3 is 2.76 bits per heavy atom. The Kier molecular flexibility index (Phi) is 5.58. The maximum Gasteiger partial charge on any atom is 0.315 e. The first-order valence-corrected chi connectivity index (χ1v) is 8.94. The van der Waals surface area contributed by atoms with Gasteiger partial charge in [0.25, 0.3) is 0 Å². The number of benzene rings is 1. The van der Waals surface area contributed by atoms with E-state index in [-0.39, 0.29) is 18.0 Å². The molecular weight excluding hydrogens is 318 g/mol. The largest absolute Gasteiger partial charge is 0.459 e. The van der Waals surface area contributed by atoms with Gasteiger partial charge < -0.3 is 20.4 Å². The first-order chi connectivity index (χ1) is 12.1. The fraction of sp³-hybridized carbons (Fsp3) is 0.474. The van der Waals surface area contributed by atoms with Gasteiger partial charge in [-0.2, -0.15) is 0 Å². The van der Waals surface area contributed by atoms with E-state index in [4.69, 9.17) is 4.42 Å². The first-order valence-electron chi connectivity index (χ1n) is 8.94. The zero-order valence-corrected chi connectivity index (χ0v) is 14.5. The summed E-state index contributed by atoms with van der Waals surface area (Å²) in [5.41, 5.74) is 0.801. The Balaban J connectivity index is 1.40. The summed E-state index contributed by atoms with van der Waals surface area (Å²) in [6.45, 7) is 2.18. The molecule has 1 saturated carbocycles. The van der Waals surface area contributed by atoms with Crippen LogP contribution in [0.3, 0.4) is 0 Å². The minimum absolute atomic E-state index is 0.00228. The lowest BCUT2D eigenvalue weighted by Gasteiger charge is -2.14. The van der Waals surface area contributed by atoms with Gasteiger partial charge >= 0.3 is 6.03 Å². The first kappa shape index (κ1) is 17.3. The van der Waals surface area contributed by atoms with Crippen LogP contribution in [0.1, 0.15) is 50.8 Å². The van der Waals surface area contributed by atoms with Crippen LogP contribution in [0.15, 0.2) is 34.7 Å². The van der Waals surface area contributed by atoms with Gasteiger partial charge in [-0.05, 0) is 31.9 Å². The number of furan rings is 1. The predicted octanol–water partition coefficient (Wildman–Crippen LogP) is 3.24. The highest BCUT2D eigenvalue weighted by atomic mass is 16.3. The topological polar surface area (TPSA) is 83.4 Å². The molecule has 1 unspecified atom stereocenters. The van der Waals surface area contributed by atoms with E-state index in [0.29, 0.717) is 24.8 Å². The third-order valence-corrected chi connectivity index (χ3v) is 4.58. The van der Waals surface area contributed by atoms with Gasteiger partial charge in [0.15, 0.2) is 0 Å². The number of carbonyl (C=O) groups is 2. The summed E-state index contributed by atoms with van der Waals surface area (Å²) in [4.78, 5) is 23.8. The molecule has 1 heterocycles. The molecule has 3 amide bonds. The Hall–Kier alpha value is -2.50. The monoisotopic (exact) mass is 343 g/mol. The Labute approximate surface area is 147 Å². The number of hydrogen-bond acceptors (Lipinski definition) is 3. The van der Waals surface area contributed by atoms with Crippen molar-refractivity contribution in [3.8, 4) is 0 Å². The van der Waals surface area contributed by atoms with Crippen molar-refractivity contribution >= 4 is 22.9 Å². The van der Waals surface area contributed by atoms with Gasteiger partial charge in [0.1, 0.15) is 11.3 Å². The van der Waals surface area contributed by atoms with Crippen LogP contribution in [0.25, 0.3) is 11.0 Å². The summed E-state index contributed by atoms with van der Waals surface area (Å²) in [5, 5.41) is 9.57. The molecule has 6 nitrogen and oxygen atoms in total. The van der Waals surface area contributed by atoms with Crippen LogP contribution in [0.5, 0.6) is 0 Å². The summed E-state index contributed by atoms with van der Waals surface area (Å²) in [6.07, 6.45) is 4.79. The maximum absolute atomic E-state index is 12.0. The molecule has 0 aliphatic heterocycles. The van der Waals surface area contributed by atoms with Crippen LogP contribution in [0.2, 0.25) is 0 Å². The lowest BCUT2D eigenvalue weighted by molar-refractivity contribution is -0.121. The molecule has 1 aromatic heterocycles. The molecule has 25 heavy (non-hydrogen) atoms. The number of amides is 3. The number of rotatable bonds is 6. The summed E-state index contributed by atoms with van der Waals surface area (Å²) < 4.78 is 5.74. The van der Waals surface area contributed by atoms with Gasteiger partial charge in [-0.1, -0.05) is 31.0 Å². The quantitative estimate of drug-likeness (QED) is 0.753. The summed E-state index contributed by atoms with van der Waals surface area (Å²) >= 11 is 0. The van der Waals surface area contributed by atoms with Crippen molar-refractivity contribution < 1.29 is 14.0 Å². The molecule has 1 atom stereocenters. The second-order valence-corrected chi connectivity index (χ2v) is 6.61. The number of nitrogens with one attached hydrogen (secondary N) is 3. The van der Waals surface area contributed by atoms with Crippen molar-refractivity contribution in [2.75, 3.05) is 6.54 Å². The minimum atomic E-state index is -0.304. The molecule has 1 aliphatic carbocycles. The Morgan fingerprint density at radius 1 is 1.24 bits per heavy atom. The van der Waals surface area contributed by atoms with E-state index in [1.165, 1.54) is 12.8 Å². The molecule has 2 aromatic rings. The molecule has 0 saturated heterocycles. The van der Waals surface area contributed by atoms with E-state index in [0.717, 1.165) is 23.8 Å². The predicted molar refractivity (Wildman–Crippen MR) is 96.2 cm³/mol. The second kappa shape index (κ2) is 8.05. The van der Waals surface area contributed by atoms with Crippen molar-refractivity contribution in [2.24, 2.45) is 0 Å². The number of urea groups is 1. The lowest BCUT2D eigenvalue weighted by atomic mass is 10.2. The fourth-order valence-electron chi connectivity index (χ4n) is 3.19. The van der Waals surface area contributed by atoms with Crippen molar-refractivity contribution in [3.05, 3.63) is 36.1 Å². The Bertz CT molecular complexity index is 701. The molecule has 0 radical (unpaired) electrons. The van der Waals surface area contributed by atoms with E-state index >= 15 is 0 Å². The van der Waals surface area contributed by atoms with Crippen LogP contribution >= 0.6 is 0 Å². The van der Waals surface area contributed by atoms with Crippen LogP contribution in [0.4, 0.5) is 4.79 Å². The molecule has 1 fully saturated rings. The van der Waals surface area contributed by atoms with Crippen LogP contribution in [0, 0.1) is 0 Å². The molecule has 1 aliphatic rings. The second-order valence-electron chi connectivity index (χ2n) is 6.61. The molecular formula is C19H25N3O3. The highest BCUT2D eigenvalue weighted by molar-refractivity contribution is 5.79. The SMILES string of the molecule is CC(NC(=O)NCCC(=O)NC1CCCC1)c1cc2ccccc2o1. The van der Waals surface area contributed by atoms with E-state index < -0.39 is 0 Å². The zero-order chi connectivity index (χ0) is 17.6. The summed E-state index contributed by atoms with van der Waals surface area (Å²) in [7, 11) is 0. The summed E-state index contributed by atoms with van der Waals surface area (Å²) in [6, 6.07) is 9.41. The average molecular weight is 343 g/mol. The number of hydrogen-bond donors (Lipinski definition) is 3. The number of fused-ring (bicyclic) bond motifs is 1. The van der Waals surface area contributed by atoms with E-state index in [1.807, 2.05) is 37.3 Å². The number of carbonyl (C=O) groups excluding carboxylic acids is 2. The molecule has 6 heteroatoms. The highest BCUT2D eigenvalue weighted by Crippen LogP contribution is 2.23. The van der Waals surface area contributed by atoms with Crippen molar-refractivity contribution in [1.82, 2.24) is 16.0 Å². The molecule has 3 N–H and O–H groups in total. The van der Waals surface area contributed by atoms with Gasteiger partial charge in [-0.25, -0.2) is 4.79 Å². The fourth-order valence-corrected chi connectivity index (χ4v) is 3.19. The van der Waals surface area contributed by atoms with Crippen LogP contribution in [-0.4, -0.2) is 24.5 Å². The van der Waals surface area contributed by atoms with Gasteiger partial charge in [0.2, 0.25) is 5.91 Å². The molecule has 3 rings (SSSR count). The van der Waals surface area contributed by atoms with Crippen molar-refractivity contribution in [1.29, 1.82) is 0 Å². The van der Waals surface area contributed by atoms with E-state index in [2.05, 4.69) is 16.0 Å². The lowest BCUT2D eigenvalue weighted by Crippen LogP contribution is -2.40. The van der Waals surface area contributed by atoms with E-state index in [1.54, 1.807) is 0 Å².